The van der Waals surface area contributed by atoms with Gasteiger partial charge in [-0.1, -0.05) is 30.3 Å². The molecule has 3 heterocycles. The Morgan fingerprint density at radius 3 is 2.70 bits per heavy atom. The maximum absolute atomic E-state index is 13.6. The van der Waals surface area contributed by atoms with E-state index in [-0.39, 0.29) is 11.9 Å². The Kier molecular flexibility index (Phi) is 5.02. The highest BCUT2D eigenvalue weighted by molar-refractivity contribution is 5.84. The van der Waals surface area contributed by atoms with Crippen LogP contribution >= 0.6 is 0 Å². The minimum Gasteiger partial charge on any atom is -0.339 e. The first-order valence-electron chi connectivity index (χ1n) is 9.78. The van der Waals surface area contributed by atoms with Crippen molar-refractivity contribution >= 4 is 5.91 Å². The number of carbonyl (C=O) groups is 1. The van der Waals surface area contributed by atoms with Crippen LogP contribution in [-0.4, -0.2) is 69.9 Å². The minimum atomic E-state index is -0.248. The van der Waals surface area contributed by atoms with Crippen LogP contribution in [0, 0.1) is 0 Å². The van der Waals surface area contributed by atoms with Gasteiger partial charge in [0.25, 0.3) is 0 Å². The van der Waals surface area contributed by atoms with Crippen LogP contribution in [-0.2, 0) is 24.8 Å². The number of aryl methyl sites for hydroxylation is 1. The summed E-state index contributed by atoms with van der Waals surface area (Å²) in [7, 11) is 6.20. The average Bonchev–Trinajstić information content (AvgIpc) is 3.30. The molecule has 2 atom stereocenters. The largest absolute Gasteiger partial charge is 0.339 e. The zero-order valence-electron chi connectivity index (χ0n) is 16.5. The number of imidazole rings is 1. The van der Waals surface area contributed by atoms with Crippen molar-refractivity contribution in [1.82, 2.24) is 24.3 Å². The SMILES string of the molecule is CN(C)[C@@H]1CCN(C(=O)[C@@H]2c3c(ncn3C)CCN2Cc2ccccc2)C1. The monoisotopic (exact) mass is 367 g/mol. The highest BCUT2D eigenvalue weighted by Crippen LogP contribution is 2.33. The smallest absolute Gasteiger partial charge is 0.246 e. The van der Waals surface area contributed by atoms with E-state index >= 15 is 0 Å². The molecular weight excluding hydrogens is 338 g/mol. The lowest BCUT2D eigenvalue weighted by Crippen LogP contribution is -2.46. The molecule has 0 spiro atoms. The molecule has 6 heteroatoms. The van der Waals surface area contributed by atoms with Crippen molar-refractivity contribution in [3.63, 3.8) is 0 Å². The van der Waals surface area contributed by atoms with Crippen LogP contribution in [0.5, 0.6) is 0 Å². The third-order valence-corrected chi connectivity index (χ3v) is 5.99. The van der Waals surface area contributed by atoms with E-state index in [9.17, 15) is 4.79 Å². The molecule has 1 aromatic carbocycles. The van der Waals surface area contributed by atoms with Gasteiger partial charge in [0.1, 0.15) is 6.04 Å². The van der Waals surface area contributed by atoms with Crippen molar-refractivity contribution in [2.24, 2.45) is 7.05 Å². The van der Waals surface area contributed by atoms with Crippen molar-refractivity contribution < 1.29 is 4.79 Å². The van der Waals surface area contributed by atoms with Crippen molar-refractivity contribution in [1.29, 1.82) is 0 Å². The maximum Gasteiger partial charge on any atom is 0.246 e. The number of benzene rings is 1. The Bertz CT molecular complexity index is 800. The summed E-state index contributed by atoms with van der Waals surface area (Å²) in [6.07, 6.45) is 3.79. The van der Waals surface area contributed by atoms with Crippen LogP contribution in [0.2, 0.25) is 0 Å². The van der Waals surface area contributed by atoms with Gasteiger partial charge in [-0.15, -0.1) is 0 Å². The van der Waals surface area contributed by atoms with E-state index in [2.05, 4.69) is 58.0 Å². The fraction of sp³-hybridized carbons (Fsp3) is 0.524. The van der Waals surface area contributed by atoms with E-state index in [1.165, 1.54) is 5.56 Å². The quantitative estimate of drug-likeness (QED) is 0.825. The molecule has 1 amide bonds. The molecule has 1 fully saturated rings. The predicted molar refractivity (Wildman–Crippen MR) is 105 cm³/mol. The highest BCUT2D eigenvalue weighted by atomic mass is 16.2. The fourth-order valence-electron chi connectivity index (χ4n) is 4.38. The number of nitrogens with zero attached hydrogens (tertiary/aromatic N) is 5. The van der Waals surface area contributed by atoms with Gasteiger partial charge in [0, 0.05) is 45.7 Å². The van der Waals surface area contributed by atoms with Crippen molar-refractivity contribution in [2.45, 2.75) is 31.5 Å². The van der Waals surface area contributed by atoms with Gasteiger partial charge in [-0.05, 0) is 26.1 Å². The number of hydrogen-bond acceptors (Lipinski definition) is 4. The standard InChI is InChI=1S/C21H29N5O/c1-23(2)17-9-11-26(14-17)21(27)20-19-18(22-15-24(19)3)10-12-25(20)13-16-7-5-4-6-8-16/h4-8,15,17,20H,9-14H2,1-3H3/t17-,20+/m1/s1. The molecule has 2 aliphatic heterocycles. The molecule has 0 bridgehead atoms. The summed E-state index contributed by atoms with van der Waals surface area (Å²) in [5.74, 6) is 0.222. The number of rotatable bonds is 4. The molecule has 144 valence electrons. The summed E-state index contributed by atoms with van der Waals surface area (Å²) in [6, 6.07) is 10.6. The van der Waals surface area contributed by atoms with Gasteiger partial charge in [0.2, 0.25) is 5.91 Å². The van der Waals surface area contributed by atoms with Gasteiger partial charge in [0.05, 0.1) is 17.7 Å². The third-order valence-electron chi connectivity index (χ3n) is 5.99. The average molecular weight is 367 g/mol. The molecule has 0 unspecified atom stereocenters. The lowest BCUT2D eigenvalue weighted by atomic mass is 10.00. The lowest BCUT2D eigenvalue weighted by Gasteiger charge is -2.37. The Hall–Kier alpha value is -2.18. The molecule has 4 rings (SSSR count). The van der Waals surface area contributed by atoms with Gasteiger partial charge in [0.15, 0.2) is 0 Å². The minimum absolute atomic E-state index is 0.222. The normalized spacial score (nSPS) is 23.0. The Labute approximate surface area is 161 Å². The van der Waals surface area contributed by atoms with E-state index in [0.717, 1.165) is 50.4 Å². The first kappa shape index (κ1) is 18.2. The molecule has 0 N–H and O–H groups in total. The molecule has 6 nitrogen and oxygen atoms in total. The molecular formula is C21H29N5O. The molecule has 0 saturated carbocycles. The first-order chi connectivity index (χ1) is 13.0. The molecule has 2 aliphatic rings. The van der Waals surface area contributed by atoms with E-state index in [1.807, 2.05) is 24.0 Å². The van der Waals surface area contributed by atoms with E-state index in [0.29, 0.717) is 6.04 Å². The number of carbonyl (C=O) groups excluding carboxylic acids is 1. The number of hydrogen-bond donors (Lipinski definition) is 0. The van der Waals surface area contributed by atoms with Crippen LogP contribution in [0.15, 0.2) is 36.7 Å². The third kappa shape index (κ3) is 3.51. The molecule has 2 aromatic rings. The van der Waals surface area contributed by atoms with Gasteiger partial charge < -0.3 is 14.4 Å². The summed E-state index contributed by atoms with van der Waals surface area (Å²) < 4.78 is 2.04. The zero-order chi connectivity index (χ0) is 19.0. The van der Waals surface area contributed by atoms with Crippen LogP contribution in [0.3, 0.4) is 0 Å². The van der Waals surface area contributed by atoms with Crippen molar-refractivity contribution in [2.75, 3.05) is 33.7 Å². The summed E-state index contributed by atoms with van der Waals surface area (Å²) >= 11 is 0. The second-order valence-corrected chi connectivity index (χ2v) is 7.99. The number of amides is 1. The second kappa shape index (κ2) is 7.44. The second-order valence-electron chi connectivity index (χ2n) is 7.99. The highest BCUT2D eigenvalue weighted by Gasteiger charge is 2.40. The van der Waals surface area contributed by atoms with E-state index < -0.39 is 0 Å². The summed E-state index contributed by atoms with van der Waals surface area (Å²) in [5.41, 5.74) is 3.38. The number of fused-ring (bicyclic) bond motifs is 1. The van der Waals surface area contributed by atoms with Crippen LogP contribution in [0.1, 0.15) is 29.4 Å². The summed E-state index contributed by atoms with van der Waals surface area (Å²) in [4.78, 5) is 24.8. The maximum atomic E-state index is 13.6. The van der Waals surface area contributed by atoms with Crippen LogP contribution in [0.4, 0.5) is 0 Å². The van der Waals surface area contributed by atoms with Crippen LogP contribution in [0.25, 0.3) is 0 Å². The Morgan fingerprint density at radius 2 is 2.00 bits per heavy atom. The number of likely N-dealkylation sites (N-methyl/N-ethyl adjacent to an activating group) is 1. The number of likely N-dealkylation sites (tertiary alicyclic amines) is 1. The predicted octanol–water partition coefficient (Wildman–Crippen LogP) is 1.68. The summed E-state index contributed by atoms with van der Waals surface area (Å²) in [6.45, 7) is 3.30. The van der Waals surface area contributed by atoms with Crippen molar-refractivity contribution in [3.8, 4) is 0 Å². The summed E-state index contributed by atoms with van der Waals surface area (Å²) in [5, 5.41) is 0. The topological polar surface area (TPSA) is 44.6 Å². The molecule has 0 aliphatic carbocycles. The first-order valence-corrected chi connectivity index (χ1v) is 9.78. The van der Waals surface area contributed by atoms with E-state index in [4.69, 9.17) is 0 Å². The molecule has 1 saturated heterocycles. The van der Waals surface area contributed by atoms with Gasteiger partial charge in [-0.3, -0.25) is 9.69 Å². The number of aromatic nitrogens is 2. The van der Waals surface area contributed by atoms with Gasteiger partial charge >= 0.3 is 0 Å². The molecule has 0 radical (unpaired) electrons. The van der Waals surface area contributed by atoms with Gasteiger partial charge in [-0.25, -0.2) is 4.98 Å². The Balaban J connectivity index is 1.62. The lowest BCUT2D eigenvalue weighted by molar-refractivity contribution is -0.137. The molecule has 27 heavy (non-hydrogen) atoms. The Morgan fingerprint density at radius 1 is 1.22 bits per heavy atom. The fourth-order valence-corrected chi connectivity index (χ4v) is 4.38. The zero-order valence-corrected chi connectivity index (χ0v) is 16.5. The van der Waals surface area contributed by atoms with E-state index in [1.54, 1.807) is 0 Å². The molecule has 1 aromatic heterocycles. The van der Waals surface area contributed by atoms with Gasteiger partial charge in [-0.2, -0.15) is 0 Å². The van der Waals surface area contributed by atoms with Crippen LogP contribution < -0.4 is 0 Å². The van der Waals surface area contributed by atoms with Crippen molar-refractivity contribution in [3.05, 3.63) is 53.6 Å².